The molecular weight excluding hydrogens is 310 g/mol. The van der Waals surface area contributed by atoms with Gasteiger partial charge in [0.2, 0.25) is 5.95 Å². The quantitative estimate of drug-likeness (QED) is 0.722. The summed E-state index contributed by atoms with van der Waals surface area (Å²) in [4.78, 5) is 12.8. The zero-order valence-corrected chi connectivity index (χ0v) is 13.2. The molecule has 3 aromatic rings. The van der Waals surface area contributed by atoms with Crippen molar-refractivity contribution in [2.75, 3.05) is 10.6 Å². The summed E-state index contributed by atoms with van der Waals surface area (Å²) in [6.07, 6.45) is 5.31. The van der Waals surface area contributed by atoms with Gasteiger partial charge >= 0.3 is 0 Å². The normalized spacial score (nSPS) is 10.3. The molecule has 0 radical (unpaired) electrons. The number of rotatable bonds is 6. The first-order valence-electron chi connectivity index (χ1n) is 7.24. The van der Waals surface area contributed by atoms with E-state index >= 15 is 0 Å². The summed E-state index contributed by atoms with van der Waals surface area (Å²) >= 11 is 5.88. The van der Waals surface area contributed by atoms with E-state index in [9.17, 15) is 0 Å². The highest BCUT2D eigenvalue weighted by atomic mass is 35.5. The first-order chi connectivity index (χ1) is 11.3. The molecule has 0 saturated heterocycles. The Morgan fingerprint density at radius 2 is 1.70 bits per heavy atom. The fourth-order valence-corrected chi connectivity index (χ4v) is 2.15. The molecule has 0 saturated carbocycles. The third-order valence-corrected chi connectivity index (χ3v) is 3.47. The lowest BCUT2D eigenvalue weighted by molar-refractivity contribution is 1.03. The molecule has 0 fully saturated rings. The Bertz CT molecular complexity index is 746. The first-order valence-corrected chi connectivity index (χ1v) is 7.61. The summed E-state index contributed by atoms with van der Waals surface area (Å²) in [7, 11) is 0. The Labute approximate surface area is 139 Å². The van der Waals surface area contributed by atoms with E-state index in [0.717, 1.165) is 22.0 Å². The minimum atomic E-state index is 0.580. The summed E-state index contributed by atoms with van der Waals surface area (Å²) in [6.45, 7) is 1.31. The number of aromatic nitrogens is 3. The lowest BCUT2D eigenvalue weighted by Gasteiger charge is -2.08. The molecule has 0 aliphatic rings. The van der Waals surface area contributed by atoms with Crippen LogP contribution in [0.15, 0.2) is 61.1 Å². The number of hydrogen-bond acceptors (Lipinski definition) is 5. The molecule has 0 amide bonds. The predicted molar refractivity (Wildman–Crippen MR) is 92.4 cm³/mol. The number of anilines is 2. The lowest BCUT2D eigenvalue weighted by atomic mass is 10.2. The van der Waals surface area contributed by atoms with Crippen molar-refractivity contribution in [1.29, 1.82) is 0 Å². The average molecular weight is 326 g/mol. The van der Waals surface area contributed by atoms with Crippen molar-refractivity contribution in [1.82, 2.24) is 15.0 Å². The van der Waals surface area contributed by atoms with Gasteiger partial charge in [-0.05, 0) is 35.4 Å². The molecule has 0 aliphatic carbocycles. The van der Waals surface area contributed by atoms with Crippen LogP contribution in [0.25, 0.3) is 0 Å². The number of hydrogen-bond donors (Lipinski definition) is 2. The number of halogens is 1. The Kier molecular flexibility index (Phi) is 5.01. The maximum absolute atomic E-state index is 5.88. The summed E-state index contributed by atoms with van der Waals surface area (Å²) in [5.41, 5.74) is 2.22. The second kappa shape index (κ2) is 7.56. The predicted octanol–water partition coefficient (Wildman–Crippen LogP) is 3.75. The second-order valence-corrected chi connectivity index (χ2v) is 5.40. The van der Waals surface area contributed by atoms with E-state index in [1.54, 1.807) is 12.4 Å². The van der Waals surface area contributed by atoms with Crippen LogP contribution in [0.3, 0.4) is 0 Å². The zero-order chi connectivity index (χ0) is 15.9. The third kappa shape index (κ3) is 4.66. The molecule has 5 nitrogen and oxygen atoms in total. The number of nitrogens with zero attached hydrogens (tertiary/aromatic N) is 3. The summed E-state index contributed by atoms with van der Waals surface area (Å²) in [5.74, 6) is 1.35. The molecule has 0 spiro atoms. The van der Waals surface area contributed by atoms with Crippen LogP contribution >= 0.6 is 11.6 Å². The molecule has 1 aromatic carbocycles. The molecule has 0 aliphatic heterocycles. The van der Waals surface area contributed by atoms with Crippen LogP contribution in [0.2, 0.25) is 5.02 Å². The summed E-state index contributed by atoms with van der Waals surface area (Å²) in [6, 6.07) is 13.4. The zero-order valence-electron chi connectivity index (χ0n) is 12.4. The fraction of sp³-hybridized carbons (Fsp3) is 0.118. The van der Waals surface area contributed by atoms with Crippen molar-refractivity contribution < 1.29 is 0 Å². The number of benzene rings is 1. The van der Waals surface area contributed by atoms with Crippen molar-refractivity contribution in [3.63, 3.8) is 0 Å². The van der Waals surface area contributed by atoms with Gasteiger partial charge in [0.1, 0.15) is 5.82 Å². The van der Waals surface area contributed by atoms with Crippen molar-refractivity contribution in [3.05, 3.63) is 77.2 Å². The summed E-state index contributed by atoms with van der Waals surface area (Å²) in [5, 5.41) is 7.19. The molecule has 23 heavy (non-hydrogen) atoms. The number of pyridine rings is 1. The molecule has 2 N–H and O–H groups in total. The Balaban J connectivity index is 1.57. The van der Waals surface area contributed by atoms with Gasteiger partial charge in [-0.15, -0.1) is 0 Å². The van der Waals surface area contributed by atoms with Crippen LogP contribution < -0.4 is 10.6 Å². The van der Waals surface area contributed by atoms with Gasteiger partial charge in [-0.3, -0.25) is 4.98 Å². The topological polar surface area (TPSA) is 62.7 Å². The monoisotopic (exact) mass is 325 g/mol. The van der Waals surface area contributed by atoms with Gasteiger partial charge in [0.15, 0.2) is 0 Å². The second-order valence-electron chi connectivity index (χ2n) is 4.96. The maximum atomic E-state index is 5.88. The third-order valence-electron chi connectivity index (χ3n) is 3.22. The van der Waals surface area contributed by atoms with Gasteiger partial charge in [0.05, 0.1) is 0 Å². The van der Waals surface area contributed by atoms with Crippen molar-refractivity contribution in [2.45, 2.75) is 13.1 Å². The van der Waals surface area contributed by atoms with E-state index in [1.165, 1.54) is 0 Å². The highest BCUT2D eigenvalue weighted by molar-refractivity contribution is 6.30. The minimum absolute atomic E-state index is 0.580. The van der Waals surface area contributed by atoms with E-state index in [2.05, 4.69) is 25.6 Å². The van der Waals surface area contributed by atoms with Crippen LogP contribution in [0.1, 0.15) is 11.1 Å². The first kappa shape index (κ1) is 15.2. The molecule has 0 bridgehead atoms. The molecule has 116 valence electrons. The van der Waals surface area contributed by atoms with E-state index in [4.69, 9.17) is 11.6 Å². The SMILES string of the molecule is Clc1ccc(CNc2nccc(NCc3cccnc3)n2)cc1. The molecule has 2 aromatic heterocycles. The van der Waals surface area contributed by atoms with Gasteiger partial charge < -0.3 is 10.6 Å². The van der Waals surface area contributed by atoms with Crippen molar-refractivity contribution in [3.8, 4) is 0 Å². The Hall–Kier alpha value is -2.66. The van der Waals surface area contributed by atoms with E-state index in [1.807, 2.05) is 48.7 Å². The highest BCUT2D eigenvalue weighted by Gasteiger charge is 2.00. The number of nitrogens with one attached hydrogen (secondary N) is 2. The Morgan fingerprint density at radius 1 is 0.870 bits per heavy atom. The molecule has 2 heterocycles. The lowest BCUT2D eigenvalue weighted by Crippen LogP contribution is -2.06. The van der Waals surface area contributed by atoms with Crippen LogP contribution in [-0.2, 0) is 13.1 Å². The van der Waals surface area contributed by atoms with Crippen LogP contribution in [0.5, 0.6) is 0 Å². The fourth-order valence-electron chi connectivity index (χ4n) is 2.02. The van der Waals surface area contributed by atoms with Gasteiger partial charge in [-0.2, -0.15) is 4.98 Å². The minimum Gasteiger partial charge on any atom is -0.366 e. The maximum Gasteiger partial charge on any atom is 0.224 e. The molecule has 0 atom stereocenters. The van der Waals surface area contributed by atoms with E-state index in [-0.39, 0.29) is 0 Å². The standard InChI is InChI=1S/C17H16ClN5/c18-15-5-3-13(4-6-15)11-22-17-20-9-7-16(23-17)21-12-14-2-1-8-19-10-14/h1-10H,11-12H2,(H2,20,21,22,23). The largest absolute Gasteiger partial charge is 0.366 e. The van der Waals surface area contributed by atoms with Crippen molar-refractivity contribution >= 4 is 23.4 Å². The van der Waals surface area contributed by atoms with Gasteiger partial charge in [0.25, 0.3) is 0 Å². The molecule has 3 rings (SSSR count). The molecular formula is C17H16ClN5. The average Bonchev–Trinajstić information content (AvgIpc) is 2.61. The highest BCUT2D eigenvalue weighted by Crippen LogP contribution is 2.12. The van der Waals surface area contributed by atoms with Crippen LogP contribution in [0, 0.1) is 0 Å². The van der Waals surface area contributed by atoms with Crippen LogP contribution in [0.4, 0.5) is 11.8 Å². The van der Waals surface area contributed by atoms with Gasteiger partial charge in [0, 0.05) is 36.7 Å². The van der Waals surface area contributed by atoms with Gasteiger partial charge in [-0.1, -0.05) is 29.8 Å². The van der Waals surface area contributed by atoms with Gasteiger partial charge in [-0.25, -0.2) is 4.98 Å². The Morgan fingerprint density at radius 3 is 2.48 bits per heavy atom. The summed E-state index contributed by atoms with van der Waals surface area (Å²) < 4.78 is 0. The van der Waals surface area contributed by atoms with E-state index < -0.39 is 0 Å². The molecule has 6 heteroatoms. The molecule has 0 unspecified atom stereocenters. The van der Waals surface area contributed by atoms with Crippen LogP contribution in [-0.4, -0.2) is 15.0 Å². The van der Waals surface area contributed by atoms with Crippen molar-refractivity contribution in [2.24, 2.45) is 0 Å². The smallest absolute Gasteiger partial charge is 0.224 e. The van der Waals surface area contributed by atoms with E-state index in [0.29, 0.717) is 19.0 Å².